The molecular formula is C20H23N5O3. The van der Waals surface area contributed by atoms with Gasteiger partial charge in [-0.1, -0.05) is 25.1 Å². The summed E-state index contributed by atoms with van der Waals surface area (Å²) in [5, 5.41) is 21.0. The molecular weight excluding hydrogens is 358 g/mol. The van der Waals surface area contributed by atoms with Crippen LogP contribution in [0.25, 0.3) is 16.6 Å². The molecule has 3 rings (SSSR count). The van der Waals surface area contributed by atoms with E-state index in [1.807, 2.05) is 44.2 Å². The smallest absolute Gasteiger partial charge is 0.308 e. The second-order valence-electron chi connectivity index (χ2n) is 7.16. The third-order valence-corrected chi connectivity index (χ3v) is 4.57. The zero-order valence-electron chi connectivity index (χ0n) is 16.1. The van der Waals surface area contributed by atoms with Crippen molar-refractivity contribution in [1.82, 2.24) is 25.3 Å². The highest BCUT2D eigenvalue weighted by molar-refractivity contribution is 5.94. The minimum absolute atomic E-state index is 0.0524. The minimum Gasteiger partial charge on any atom is -0.481 e. The Hall–Kier alpha value is -3.29. The van der Waals surface area contributed by atoms with Crippen molar-refractivity contribution in [1.29, 1.82) is 0 Å². The molecule has 0 radical (unpaired) electrons. The number of carboxylic acids is 1. The third-order valence-electron chi connectivity index (χ3n) is 4.57. The van der Waals surface area contributed by atoms with Gasteiger partial charge < -0.3 is 10.4 Å². The van der Waals surface area contributed by atoms with Crippen molar-refractivity contribution >= 4 is 22.8 Å². The second kappa shape index (κ2) is 8.16. The van der Waals surface area contributed by atoms with Gasteiger partial charge in [0.1, 0.15) is 0 Å². The molecule has 28 heavy (non-hydrogen) atoms. The number of carbonyl (C=O) groups is 2. The van der Waals surface area contributed by atoms with Crippen LogP contribution in [0.15, 0.2) is 36.5 Å². The van der Waals surface area contributed by atoms with E-state index in [2.05, 4.69) is 20.6 Å². The number of hydrogen-bond acceptors (Lipinski definition) is 5. The molecule has 0 saturated heterocycles. The van der Waals surface area contributed by atoms with Crippen LogP contribution >= 0.6 is 0 Å². The Balaban J connectivity index is 1.82. The lowest BCUT2D eigenvalue weighted by molar-refractivity contribution is -0.142. The fraction of sp³-hybridized carbons (Fsp3) is 0.350. The van der Waals surface area contributed by atoms with Crippen LogP contribution in [-0.2, 0) is 4.79 Å². The quantitative estimate of drug-likeness (QED) is 0.651. The standard InChI is InChI=1S/C20H23N5O3/c1-12(2)10-14(20(27)28)11-22-19(26)18-13(3)25(24-23-18)17-8-4-7-16-15(17)6-5-9-21-16/h4-9,12,14H,10-11H2,1-3H3,(H,22,26)(H,27,28). The number of fused-ring (bicyclic) bond motifs is 1. The Kier molecular flexibility index (Phi) is 5.67. The number of benzene rings is 1. The molecule has 0 fully saturated rings. The summed E-state index contributed by atoms with van der Waals surface area (Å²) < 4.78 is 1.60. The zero-order valence-corrected chi connectivity index (χ0v) is 16.1. The highest BCUT2D eigenvalue weighted by atomic mass is 16.4. The molecule has 2 N–H and O–H groups in total. The Bertz CT molecular complexity index is 1010. The van der Waals surface area contributed by atoms with Gasteiger partial charge >= 0.3 is 5.97 Å². The lowest BCUT2D eigenvalue weighted by Crippen LogP contribution is -2.34. The summed E-state index contributed by atoms with van der Waals surface area (Å²) in [6.07, 6.45) is 2.21. The number of aromatic nitrogens is 4. The maximum Gasteiger partial charge on any atom is 0.308 e. The Labute approximate surface area is 162 Å². The summed E-state index contributed by atoms with van der Waals surface area (Å²) in [4.78, 5) is 28.3. The van der Waals surface area contributed by atoms with E-state index < -0.39 is 17.8 Å². The molecule has 3 aromatic rings. The number of nitrogens with zero attached hydrogens (tertiary/aromatic N) is 4. The van der Waals surface area contributed by atoms with Crippen LogP contribution < -0.4 is 5.32 Å². The molecule has 146 valence electrons. The van der Waals surface area contributed by atoms with Gasteiger partial charge in [0.15, 0.2) is 5.69 Å². The Morgan fingerprint density at radius 3 is 2.71 bits per heavy atom. The van der Waals surface area contributed by atoms with E-state index in [-0.39, 0.29) is 18.2 Å². The first-order chi connectivity index (χ1) is 13.4. The van der Waals surface area contributed by atoms with Gasteiger partial charge in [-0.05, 0) is 43.5 Å². The van der Waals surface area contributed by atoms with Crippen molar-refractivity contribution < 1.29 is 14.7 Å². The van der Waals surface area contributed by atoms with Crippen molar-refractivity contribution in [2.45, 2.75) is 27.2 Å². The van der Waals surface area contributed by atoms with E-state index in [9.17, 15) is 14.7 Å². The van der Waals surface area contributed by atoms with Crippen molar-refractivity contribution in [3.63, 3.8) is 0 Å². The summed E-state index contributed by atoms with van der Waals surface area (Å²) >= 11 is 0. The van der Waals surface area contributed by atoms with E-state index in [4.69, 9.17) is 0 Å². The van der Waals surface area contributed by atoms with Crippen LogP contribution in [0.2, 0.25) is 0 Å². The monoisotopic (exact) mass is 381 g/mol. The molecule has 1 atom stereocenters. The fourth-order valence-electron chi connectivity index (χ4n) is 3.18. The second-order valence-corrected chi connectivity index (χ2v) is 7.16. The van der Waals surface area contributed by atoms with Gasteiger partial charge in [-0.25, -0.2) is 4.68 Å². The van der Waals surface area contributed by atoms with Gasteiger partial charge in [0, 0.05) is 18.1 Å². The maximum absolute atomic E-state index is 12.6. The molecule has 8 heteroatoms. The lowest BCUT2D eigenvalue weighted by atomic mass is 9.97. The average Bonchev–Trinajstić information content (AvgIpc) is 3.05. The summed E-state index contributed by atoms with van der Waals surface area (Å²) in [5.41, 5.74) is 2.34. The van der Waals surface area contributed by atoms with Gasteiger partial charge in [0.05, 0.1) is 22.8 Å². The fourth-order valence-corrected chi connectivity index (χ4v) is 3.18. The summed E-state index contributed by atoms with van der Waals surface area (Å²) in [6.45, 7) is 5.71. The number of hydrogen-bond donors (Lipinski definition) is 2. The van der Waals surface area contributed by atoms with Crippen LogP contribution in [0, 0.1) is 18.8 Å². The summed E-state index contributed by atoms with van der Waals surface area (Å²) in [5.74, 6) is -1.77. The largest absolute Gasteiger partial charge is 0.481 e. The number of nitrogens with one attached hydrogen (secondary N) is 1. The van der Waals surface area contributed by atoms with Crippen molar-refractivity contribution in [3.8, 4) is 5.69 Å². The van der Waals surface area contributed by atoms with E-state index in [1.54, 1.807) is 17.8 Å². The first-order valence-corrected chi connectivity index (χ1v) is 9.16. The van der Waals surface area contributed by atoms with Gasteiger partial charge in [-0.2, -0.15) is 0 Å². The highest BCUT2D eigenvalue weighted by Crippen LogP contribution is 2.22. The molecule has 0 spiro atoms. The number of amides is 1. The molecule has 1 amide bonds. The van der Waals surface area contributed by atoms with Crippen molar-refractivity contribution in [3.05, 3.63) is 47.9 Å². The Morgan fingerprint density at radius 1 is 1.21 bits per heavy atom. The molecule has 0 aliphatic carbocycles. The molecule has 0 aliphatic heterocycles. The predicted molar refractivity (Wildman–Crippen MR) is 104 cm³/mol. The average molecular weight is 381 g/mol. The van der Waals surface area contributed by atoms with E-state index >= 15 is 0 Å². The topological polar surface area (TPSA) is 110 Å². The maximum atomic E-state index is 12.6. The van der Waals surface area contributed by atoms with Crippen molar-refractivity contribution in [2.24, 2.45) is 11.8 Å². The van der Waals surface area contributed by atoms with Crippen LogP contribution in [0.3, 0.4) is 0 Å². The number of aliphatic carboxylic acids is 1. The highest BCUT2D eigenvalue weighted by Gasteiger charge is 2.23. The van der Waals surface area contributed by atoms with E-state index in [1.165, 1.54) is 0 Å². The molecule has 0 aliphatic rings. The molecule has 0 saturated carbocycles. The van der Waals surface area contributed by atoms with Crippen molar-refractivity contribution in [2.75, 3.05) is 6.54 Å². The minimum atomic E-state index is -0.919. The third kappa shape index (κ3) is 4.00. The number of pyridine rings is 1. The molecule has 2 aromatic heterocycles. The molecule has 0 bridgehead atoms. The molecule has 1 aromatic carbocycles. The lowest BCUT2D eigenvalue weighted by Gasteiger charge is -2.15. The number of carbonyl (C=O) groups excluding carboxylic acids is 1. The van der Waals surface area contributed by atoms with Crippen LogP contribution in [0.5, 0.6) is 0 Å². The number of carboxylic acid groups (broad SMARTS) is 1. The van der Waals surface area contributed by atoms with Gasteiger partial charge in [-0.3, -0.25) is 14.6 Å². The first kappa shape index (κ1) is 19.5. The number of rotatable bonds is 7. The van der Waals surface area contributed by atoms with Gasteiger partial charge in [-0.15, -0.1) is 5.10 Å². The van der Waals surface area contributed by atoms with Gasteiger partial charge in [0.25, 0.3) is 5.91 Å². The zero-order chi connectivity index (χ0) is 20.3. The molecule has 8 nitrogen and oxygen atoms in total. The Morgan fingerprint density at radius 2 is 2.00 bits per heavy atom. The normalized spacial score (nSPS) is 12.3. The van der Waals surface area contributed by atoms with Crippen LogP contribution in [0.4, 0.5) is 0 Å². The van der Waals surface area contributed by atoms with E-state index in [0.29, 0.717) is 12.1 Å². The molecule has 2 heterocycles. The predicted octanol–water partition coefficient (Wildman–Crippen LogP) is 2.60. The van der Waals surface area contributed by atoms with Crippen LogP contribution in [0.1, 0.15) is 36.5 Å². The summed E-state index contributed by atoms with van der Waals surface area (Å²) in [7, 11) is 0. The summed E-state index contributed by atoms with van der Waals surface area (Å²) in [6, 6.07) is 9.43. The SMILES string of the molecule is Cc1c(C(=O)NCC(CC(C)C)C(=O)O)nnn1-c1cccc2ncccc12. The van der Waals surface area contributed by atoms with E-state index in [0.717, 1.165) is 16.6 Å². The van der Waals surface area contributed by atoms with Gasteiger partial charge in [0.2, 0.25) is 0 Å². The van der Waals surface area contributed by atoms with Crippen LogP contribution in [-0.4, -0.2) is 43.5 Å². The molecule has 1 unspecified atom stereocenters. The first-order valence-electron chi connectivity index (χ1n) is 9.16.